The highest BCUT2D eigenvalue weighted by molar-refractivity contribution is 5.81. The number of hydrogen-bond donors (Lipinski definition) is 1. The molecule has 1 saturated carbocycles. The second kappa shape index (κ2) is 3.87. The van der Waals surface area contributed by atoms with E-state index >= 15 is 0 Å². The van der Waals surface area contributed by atoms with E-state index in [0.717, 1.165) is 32.1 Å². The van der Waals surface area contributed by atoms with Crippen molar-refractivity contribution in [3.8, 4) is 0 Å². The van der Waals surface area contributed by atoms with Crippen LogP contribution in [0.2, 0.25) is 0 Å². The third kappa shape index (κ3) is 1.91. The molecule has 1 aliphatic heterocycles. The number of hydrogen-bond acceptors (Lipinski definition) is 4. The van der Waals surface area contributed by atoms with E-state index in [9.17, 15) is 4.79 Å². The fourth-order valence-electron chi connectivity index (χ4n) is 2.08. The van der Waals surface area contributed by atoms with Gasteiger partial charge in [-0.25, -0.2) is 0 Å². The number of ether oxygens (including phenoxy) is 2. The summed E-state index contributed by atoms with van der Waals surface area (Å²) in [5.41, 5.74) is 5.26. The molecule has 2 aliphatic rings. The molecule has 1 atom stereocenters. The van der Waals surface area contributed by atoms with Crippen molar-refractivity contribution < 1.29 is 14.3 Å². The molecule has 0 bridgehead atoms. The fourth-order valence-corrected chi connectivity index (χ4v) is 2.08. The highest BCUT2D eigenvalue weighted by Crippen LogP contribution is 2.29. The normalized spacial score (nSPS) is 30.5. The summed E-state index contributed by atoms with van der Waals surface area (Å²) in [7, 11) is 0. The van der Waals surface area contributed by atoms with Crippen LogP contribution in [-0.4, -0.2) is 30.8 Å². The predicted octanol–water partition coefficient (Wildman–Crippen LogP) is 0.590. The summed E-state index contributed by atoms with van der Waals surface area (Å²) in [6, 6.07) is 0. The highest BCUT2D eigenvalue weighted by atomic mass is 16.6. The molecule has 0 aromatic heterocycles. The Morgan fingerprint density at radius 3 is 2.71 bits per heavy atom. The third-order valence-corrected chi connectivity index (χ3v) is 3.06. The molecule has 1 heterocycles. The molecular formula is C10H17NO3. The Bertz CT molecular complexity index is 217. The first kappa shape index (κ1) is 9.93. The molecule has 1 saturated heterocycles. The summed E-state index contributed by atoms with van der Waals surface area (Å²) in [4.78, 5) is 11.7. The number of carbonyl (C=O) groups is 1. The van der Waals surface area contributed by atoms with Crippen molar-refractivity contribution in [3.63, 3.8) is 0 Å². The summed E-state index contributed by atoms with van der Waals surface area (Å²) in [5, 5.41) is 0. The lowest BCUT2D eigenvalue weighted by Gasteiger charge is -2.23. The summed E-state index contributed by atoms with van der Waals surface area (Å²) in [5.74, 6) is -0.231. The maximum absolute atomic E-state index is 11.7. The number of rotatable bonds is 2. The minimum atomic E-state index is -0.706. The molecular weight excluding hydrogens is 182 g/mol. The van der Waals surface area contributed by atoms with Crippen LogP contribution in [0.15, 0.2) is 0 Å². The molecule has 0 radical (unpaired) electrons. The lowest BCUT2D eigenvalue weighted by Crippen LogP contribution is -2.47. The number of carbonyl (C=O) groups excluding carboxylic acids is 1. The standard InChI is InChI=1S/C10H17NO3/c11-10(4-1-2-5-10)9(12)14-8-3-6-13-7-8/h8H,1-7,11H2. The maximum Gasteiger partial charge on any atom is 0.326 e. The zero-order valence-electron chi connectivity index (χ0n) is 8.33. The van der Waals surface area contributed by atoms with Gasteiger partial charge in [0.1, 0.15) is 11.6 Å². The van der Waals surface area contributed by atoms with Crippen molar-refractivity contribution in [2.24, 2.45) is 5.73 Å². The average molecular weight is 199 g/mol. The SMILES string of the molecule is NC1(C(=O)OC2CCOC2)CCCC1. The Morgan fingerprint density at radius 1 is 1.43 bits per heavy atom. The van der Waals surface area contributed by atoms with E-state index in [1.54, 1.807) is 0 Å². The second-order valence-electron chi connectivity index (χ2n) is 4.25. The van der Waals surface area contributed by atoms with Gasteiger partial charge in [0.05, 0.1) is 13.2 Å². The lowest BCUT2D eigenvalue weighted by atomic mass is 10.00. The maximum atomic E-state index is 11.7. The van der Waals surface area contributed by atoms with Crippen LogP contribution in [0.5, 0.6) is 0 Å². The zero-order chi connectivity index (χ0) is 10.0. The van der Waals surface area contributed by atoms with Gasteiger partial charge in [0.25, 0.3) is 0 Å². The van der Waals surface area contributed by atoms with E-state index in [2.05, 4.69) is 0 Å². The van der Waals surface area contributed by atoms with Gasteiger partial charge in [-0.05, 0) is 12.8 Å². The van der Waals surface area contributed by atoms with Crippen molar-refractivity contribution in [2.75, 3.05) is 13.2 Å². The molecule has 0 aromatic carbocycles. The fraction of sp³-hybridized carbons (Fsp3) is 0.900. The van der Waals surface area contributed by atoms with Crippen LogP contribution in [0.25, 0.3) is 0 Å². The van der Waals surface area contributed by atoms with Gasteiger partial charge >= 0.3 is 5.97 Å². The molecule has 14 heavy (non-hydrogen) atoms. The average Bonchev–Trinajstić information content (AvgIpc) is 2.76. The minimum Gasteiger partial charge on any atom is -0.458 e. The monoisotopic (exact) mass is 199 g/mol. The molecule has 2 N–H and O–H groups in total. The topological polar surface area (TPSA) is 61.6 Å². The van der Waals surface area contributed by atoms with Crippen molar-refractivity contribution in [2.45, 2.75) is 43.7 Å². The number of nitrogens with two attached hydrogens (primary N) is 1. The van der Waals surface area contributed by atoms with E-state index in [4.69, 9.17) is 15.2 Å². The van der Waals surface area contributed by atoms with Gasteiger partial charge in [-0.15, -0.1) is 0 Å². The summed E-state index contributed by atoms with van der Waals surface area (Å²) in [6.45, 7) is 1.22. The van der Waals surface area contributed by atoms with Gasteiger partial charge < -0.3 is 15.2 Å². The molecule has 80 valence electrons. The quantitative estimate of drug-likeness (QED) is 0.661. The number of esters is 1. The van der Waals surface area contributed by atoms with Crippen LogP contribution in [0.4, 0.5) is 0 Å². The Hall–Kier alpha value is -0.610. The van der Waals surface area contributed by atoms with Crippen LogP contribution < -0.4 is 5.73 Å². The van der Waals surface area contributed by atoms with Gasteiger partial charge in [-0.2, -0.15) is 0 Å². The molecule has 1 unspecified atom stereocenters. The van der Waals surface area contributed by atoms with Crippen molar-refractivity contribution >= 4 is 5.97 Å². The van der Waals surface area contributed by atoms with Gasteiger partial charge in [-0.1, -0.05) is 12.8 Å². The Labute approximate surface area is 83.7 Å². The largest absolute Gasteiger partial charge is 0.458 e. The molecule has 0 amide bonds. The van der Waals surface area contributed by atoms with Gasteiger partial charge in [-0.3, -0.25) is 4.79 Å². The Morgan fingerprint density at radius 2 is 2.14 bits per heavy atom. The first-order valence-corrected chi connectivity index (χ1v) is 5.28. The van der Waals surface area contributed by atoms with Crippen LogP contribution in [0.3, 0.4) is 0 Å². The first-order valence-electron chi connectivity index (χ1n) is 5.28. The second-order valence-corrected chi connectivity index (χ2v) is 4.25. The molecule has 4 nitrogen and oxygen atoms in total. The van der Waals surface area contributed by atoms with Crippen LogP contribution in [-0.2, 0) is 14.3 Å². The van der Waals surface area contributed by atoms with Crippen molar-refractivity contribution in [1.82, 2.24) is 0 Å². The Balaban J connectivity index is 1.87. The first-order chi connectivity index (χ1) is 6.71. The highest BCUT2D eigenvalue weighted by Gasteiger charge is 2.40. The van der Waals surface area contributed by atoms with Gasteiger partial charge in [0.15, 0.2) is 0 Å². The predicted molar refractivity (Wildman–Crippen MR) is 50.7 cm³/mol. The molecule has 1 aliphatic carbocycles. The molecule has 2 fully saturated rings. The zero-order valence-corrected chi connectivity index (χ0v) is 8.33. The Kier molecular flexibility index (Phi) is 2.74. The van der Waals surface area contributed by atoms with Crippen molar-refractivity contribution in [1.29, 1.82) is 0 Å². The minimum absolute atomic E-state index is 0.0662. The van der Waals surface area contributed by atoms with Gasteiger partial charge in [0, 0.05) is 6.42 Å². The summed E-state index contributed by atoms with van der Waals surface area (Å²) < 4.78 is 10.4. The van der Waals surface area contributed by atoms with Gasteiger partial charge in [0.2, 0.25) is 0 Å². The molecule has 4 heteroatoms. The molecule has 0 spiro atoms. The smallest absolute Gasteiger partial charge is 0.326 e. The third-order valence-electron chi connectivity index (χ3n) is 3.06. The summed E-state index contributed by atoms with van der Waals surface area (Å²) in [6.07, 6.45) is 4.34. The van der Waals surface area contributed by atoms with Crippen molar-refractivity contribution in [3.05, 3.63) is 0 Å². The lowest BCUT2D eigenvalue weighted by molar-refractivity contribution is -0.155. The van der Waals surface area contributed by atoms with Crippen LogP contribution in [0, 0.1) is 0 Å². The van der Waals surface area contributed by atoms with E-state index in [1.807, 2.05) is 0 Å². The van der Waals surface area contributed by atoms with Crippen LogP contribution >= 0.6 is 0 Å². The summed E-state index contributed by atoms with van der Waals surface area (Å²) >= 11 is 0. The van der Waals surface area contributed by atoms with Crippen LogP contribution in [0.1, 0.15) is 32.1 Å². The van der Waals surface area contributed by atoms with E-state index < -0.39 is 5.54 Å². The van der Waals surface area contributed by atoms with E-state index in [0.29, 0.717) is 13.2 Å². The molecule has 2 rings (SSSR count). The molecule has 0 aromatic rings. The van der Waals surface area contributed by atoms with E-state index in [-0.39, 0.29) is 12.1 Å². The van der Waals surface area contributed by atoms with E-state index in [1.165, 1.54) is 0 Å².